The highest BCUT2D eigenvalue weighted by atomic mass is 32.2. The number of carbonyl (C=O) groups is 3. The van der Waals surface area contributed by atoms with Gasteiger partial charge in [0.1, 0.15) is 17.7 Å². The van der Waals surface area contributed by atoms with E-state index in [0.717, 1.165) is 18.2 Å². The van der Waals surface area contributed by atoms with Crippen molar-refractivity contribution in [3.8, 4) is 0 Å². The minimum Gasteiger partial charge on any atom is -0.454 e. The van der Waals surface area contributed by atoms with Gasteiger partial charge < -0.3 is 21.1 Å². The molecule has 1 rings (SSSR count). The van der Waals surface area contributed by atoms with E-state index in [0.29, 0.717) is 5.75 Å². The fourth-order valence-electron chi connectivity index (χ4n) is 1.67. The van der Waals surface area contributed by atoms with Crippen LogP contribution < -0.4 is 16.4 Å². The van der Waals surface area contributed by atoms with Crippen LogP contribution in [0, 0.1) is 11.6 Å². The molecule has 3 amide bonds. The summed E-state index contributed by atoms with van der Waals surface area (Å²) in [5.74, 6) is -2.70. The Balaban J connectivity index is 2.55. The third-order valence-electron chi connectivity index (χ3n) is 2.76. The second-order valence-electron chi connectivity index (χ2n) is 4.62. The average Bonchev–Trinajstić information content (AvgIpc) is 2.52. The summed E-state index contributed by atoms with van der Waals surface area (Å²) in [5, 5.41) is 4.30. The van der Waals surface area contributed by atoms with E-state index in [2.05, 4.69) is 10.6 Å². The monoisotopic (exact) mass is 361 g/mol. The van der Waals surface area contributed by atoms with Gasteiger partial charge in [0.05, 0.1) is 5.69 Å². The number of amides is 3. The molecule has 7 nitrogen and oxygen atoms in total. The minimum atomic E-state index is -0.992. The third kappa shape index (κ3) is 6.82. The van der Waals surface area contributed by atoms with E-state index in [1.165, 1.54) is 11.8 Å². The molecule has 0 aliphatic rings. The Morgan fingerprint density at radius 2 is 2.04 bits per heavy atom. The second-order valence-corrected chi connectivity index (χ2v) is 5.61. The molecule has 0 bridgehead atoms. The smallest absolute Gasteiger partial charge is 0.329 e. The van der Waals surface area contributed by atoms with Gasteiger partial charge in [0.25, 0.3) is 5.91 Å². The van der Waals surface area contributed by atoms with Gasteiger partial charge in [-0.3, -0.25) is 4.79 Å². The van der Waals surface area contributed by atoms with Crippen molar-refractivity contribution >= 4 is 35.4 Å². The first-order valence-electron chi connectivity index (χ1n) is 6.80. The average molecular weight is 361 g/mol. The van der Waals surface area contributed by atoms with Gasteiger partial charge in [0, 0.05) is 6.07 Å². The maximum atomic E-state index is 13.4. The van der Waals surface area contributed by atoms with Gasteiger partial charge in [-0.2, -0.15) is 11.8 Å². The largest absolute Gasteiger partial charge is 0.454 e. The number of nitrogens with one attached hydrogen (secondary N) is 2. The fourth-order valence-corrected chi connectivity index (χ4v) is 2.14. The van der Waals surface area contributed by atoms with Crippen molar-refractivity contribution in [2.45, 2.75) is 12.5 Å². The van der Waals surface area contributed by atoms with Crippen LogP contribution in [0.5, 0.6) is 0 Å². The van der Waals surface area contributed by atoms with Crippen LogP contribution in [0.15, 0.2) is 18.2 Å². The summed E-state index contributed by atoms with van der Waals surface area (Å²) in [6.07, 6.45) is 2.08. The second kappa shape index (κ2) is 9.71. The zero-order valence-electron chi connectivity index (χ0n) is 12.8. The predicted octanol–water partition coefficient (Wildman–Crippen LogP) is 1.24. The maximum absolute atomic E-state index is 13.4. The van der Waals surface area contributed by atoms with Crippen molar-refractivity contribution in [1.82, 2.24) is 5.32 Å². The number of halogens is 2. The molecule has 0 fully saturated rings. The number of urea groups is 1. The fraction of sp³-hybridized carbons (Fsp3) is 0.357. The molecule has 0 radical (unpaired) electrons. The van der Waals surface area contributed by atoms with Crippen molar-refractivity contribution in [3.05, 3.63) is 29.8 Å². The first-order chi connectivity index (χ1) is 11.3. The Labute approximate surface area is 141 Å². The molecule has 4 N–H and O–H groups in total. The number of hydrogen-bond acceptors (Lipinski definition) is 5. The number of rotatable bonds is 8. The van der Waals surface area contributed by atoms with E-state index in [9.17, 15) is 23.2 Å². The van der Waals surface area contributed by atoms with E-state index < -0.39 is 42.2 Å². The SMILES string of the molecule is CSCC[C@H](NC(N)=O)C(=O)OCC(=O)Nc1cc(F)ccc1F. The lowest BCUT2D eigenvalue weighted by Gasteiger charge is -2.16. The summed E-state index contributed by atoms with van der Waals surface area (Å²) in [7, 11) is 0. The number of esters is 1. The number of anilines is 1. The van der Waals surface area contributed by atoms with Gasteiger partial charge in [0.2, 0.25) is 0 Å². The highest BCUT2D eigenvalue weighted by Gasteiger charge is 2.22. The summed E-state index contributed by atoms with van der Waals surface area (Å²) in [6, 6.07) is 0.659. The Kier molecular flexibility index (Phi) is 7.96. The van der Waals surface area contributed by atoms with Crippen LogP contribution >= 0.6 is 11.8 Å². The first kappa shape index (κ1) is 19.7. The predicted molar refractivity (Wildman–Crippen MR) is 85.5 cm³/mol. The number of carbonyl (C=O) groups excluding carboxylic acids is 3. The van der Waals surface area contributed by atoms with Crippen molar-refractivity contribution in [1.29, 1.82) is 0 Å². The summed E-state index contributed by atoms with van der Waals surface area (Å²) >= 11 is 1.45. The number of nitrogens with two attached hydrogens (primary N) is 1. The lowest BCUT2D eigenvalue weighted by atomic mass is 10.2. The van der Waals surface area contributed by atoms with Crippen molar-refractivity contribution < 1.29 is 27.9 Å². The van der Waals surface area contributed by atoms with Crippen LogP contribution in [-0.2, 0) is 14.3 Å². The molecule has 10 heteroatoms. The van der Waals surface area contributed by atoms with Crippen molar-refractivity contribution in [3.63, 3.8) is 0 Å². The molecule has 0 heterocycles. The van der Waals surface area contributed by atoms with Gasteiger partial charge in [-0.1, -0.05) is 0 Å². The van der Waals surface area contributed by atoms with Gasteiger partial charge in [0.15, 0.2) is 6.61 Å². The molecule has 0 aliphatic heterocycles. The Morgan fingerprint density at radius 1 is 1.33 bits per heavy atom. The molecule has 0 saturated carbocycles. The van der Waals surface area contributed by atoms with Crippen molar-refractivity contribution in [2.75, 3.05) is 23.9 Å². The molecule has 24 heavy (non-hydrogen) atoms. The summed E-state index contributed by atoms with van der Waals surface area (Å²) < 4.78 is 31.1. The normalized spacial score (nSPS) is 11.5. The lowest BCUT2D eigenvalue weighted by molar-refractivity contribution is -0.149. The highest BCUT2D eigenvalue weighted by Crippen LogP contribution is 2.15. The Morgan fingerprint density at radius 3 is 2.67 bits per heavy atom. The van der Waals surface area contributed by atoms with Crippen LogP contribution in [0.1, 0.15) is 6.42 Å². The minimum absolute atomic E-state index is 0.267. The van der Waals surface area contributed by atoms with Crippen LogP contribution in [0.25, 0.3) is 0 Å². The number of primary amides is 1. The molecule has 1 aromatic carbocycles. The Bertz CT molecular complexity index is 616. The van der Waals surface area contributed by atoms with E-state index in [1.807, 2.05) is 6.26 Å². The van der Waals surface area contributed by atoms with E-state index in [-0.39, 0.29) is 12.1 Å². The maximum Gasteiger partial charge on any atom is 0.329 e. The first-order valence-corrected chi connectivity index (χ1v) is 8.19. The molecule has 1 aromatic rings. The lowest BCUT2D eigenvalue weighted by Crippen LogP contribution is -2.45. The number of hydrogen-bond donors (Lipinski definition) is 3. The molecule has 132 valence electrons. The Hall–Kier alpha value is -2.36. The quantitative estimate of drug-likeness (QED) is 0.603. The molecule has 0 spiro atoms. The third-order valence-corrected chi connectivity index (χ3v) is 3.40. The van der Waals surface area contributed by atoms with Gasteiger partial charge >= 0.3 is 12.0 Å². The molecule has 0 saturated heterocycles. The molecular formula is C14H17F2N3O4S. The van der Waals surface area contributed by atoms with E-state index >= 15 is 0 Å². The highest BCUT2D eigenvalue weighted by molar-refractivity contribution is 7.98. The van der Waals surface area contributed by atoms with Gasteiger partial charge in [-0.05, 0) is 30.6 Å². The summed E-state index contributed by atoms with van der Waals surface area (Å²) in [6.45, 7) is -0.717. The van der Waals surface area contributed by atoms with Crippen LogP contribution in [0.2, 0.25) is 0 Å². The topological polar surface area (TPSA) is 111 Å². The molecular weight excluding hydrogens is 344 g/mol. The standard InChI is InChI=1S/C14H17F2N3O4S/c1-24-5-4-10(19-14(17)22)13(21)23-7-12(20)18-11-6-8(15)2-3-9(11)16/h2-3,6,10H,4-5,7H2,1H3,(H,18,20)(H3,17,19,22)/t10-/m0/s1. The number of thioether (sulfide) groups is 1. The van der Waals surface area contributed by atoms with E-state index in [4.69, 9.17) is 10.5 Å². The van der Waals surface area contributed by atoms with Gasteiger partial charge in [-0.15, -0.1) is 0 Å². The van der Waals surface area contributed by atoms with Crippen LogP contribution in [0.4, 0.5) is 19.3 Å². The summed E-state index contributed by atoms with van der Waals surface area (Å²) in [5.41, 5.74) is 4.60. The molecule has 0 unspecified atom stereocenters. The zero-order valence-corrected chi connectivity index (χ0v) is 13.6. The van der Waals surface area contributed by atoms with Crippen molar-refractivity contribution in [2.24, 2.45) is 5.73 Å². The molecule has 0 aromatic heterocycles. The van der Waals surface area contributed by atoms with E-state index in [1.54, 1.807) is 0 Å². The number of benzene rings is 1. The number of ether oxygens (including phenoxy) is 1. The van der Waals surface area contributed by atoms with Gasteiger partial charge in [-0.25, -0.2) is 18.4 Å². The summed E-state index contributed by atoms with van der Waals surface area (Å²) in [4.78, 5) is 34.4. The van der Waals surface area contributed by atoms with Crippen LogP contribution in [-0.4, -0.2) is 42.6 Å². The zero-order chi connectivity index (χ0) is 18.1. The van der Waals surface area contributed by atoms with Crippen LogP contribution in [0.3, 0.4) is 0 Å². The molecule has 1 atom stereocenters. The molecule has 0 aliphatic carbocycles.